The molecule has 1 rings (SSSR count). The Morgan fingerprint density at radius 3 is 2.40 bits per heavy atom. The van der Waals surface area contributed by atoms with Gasteiger partial charge >= 0.3 is 11.9 Å². The summed E-state index contributed by atoms with van der Waals surface area (Å²) in [5.74, 6) is -1.95. The first kappa shape index (κ1) is 16.7. The Labute approximate surface area is 121 Å². The number of carboxylic acids is 1. The SMILES string of the molecule is C=C(C)C[C@@H](C(=O)O)C1(C(=O)OCCCC)CCCC1. The maximum absolute atomic E-state index is 12.5. The molecule has 0 radical (unpaired) electrons. The Bertz CT molecular complexity index is 367. The Balaban J connectivity index is 2.90. The fourth-order valence-electron chi connectivity index (χ4n) is 3.02. The minimum Gasteiger partial charge on any atom is -0.481 e. The van der Waals surface area contributed by atoms with E-state index in [1.165, 1.54) is 0 Å². The third-order valence-electron chi connectivity index (χ3n) is 4.15. The zero-order valence-corrected chi connectivity index (χ0v) is 12.6. The zero-order chi connectivity index (χ0) is 15.2. The Kier molecular flexibility index (Phi) is 6.24. The van der Waals surface area contributed by atoms with Crippen LogP contribution in [-0.2, 0) is 14.3 Å². The first-order valence-corrected chi connectivity index (χ1v) is 7.48. The minimum absolute atomic E-state index is 0.322. The first-order chi connectivity index (χ1) is 9.44. The van der Waals surface area contributed by atoms with Crippen LogP contribution in [0.5, 0.6) is 0 Å². The van der Waals surface area contributed by atoms with Gasteiger partial charge in [0.05, 0.1) is 17.9 Å². The van der Waals surface area contributed by atoms with Crippen LogP contribution in [0, 0.1) is 11.3 Å². The van der Waals surface area contributed by atoms with E-state index in [-0.39, 0.29) is 5.97 Å². The van der Waals surface area contributed by atoms with Crippen molar-refractivity contribution in [3.63, 3.8) is 0 Å². The van der Waals surface area contributed by atoms with E-state index < -0.39 is 17.3 Å². The van der Waals surface area contributed by atoms with E-state index >= 15 is 0 Å². The second-order valence-electron chi connectivity index (χ2n) is 5.90. The van der Waals surface area contributed by atoms with Gasteiger partial charge in [-0.2, -0.15) is 0 Å². The van der Waals surface area contributed by atoms with Gasteiger partial charge in [-0.3, -0.25) is 9.59 Å². The number of hydrogen-bond acceptors (Lipinski definition) is 3. The van der Waals surface area contributed by atoms with E-state index in [1.807, 2.05) is 6.92 Å². The molecule has 0 unspecified atom stereocenters. The lowest BCUT2D eigenvalue weighted by molar-refractivity contribution is -0.167. The van der Waals surface area contributed by atoms with Crippen LogP contribution in [0.2, 0.25) is 0 Å². The van der Waals surface area contributed by atoms with Crippen LogP contribution in [0.4, 0.5) is 0 Å². The summed E-state index contributed by atoms with van der Waals surface area (Å²) in [6, 6.07) is 0. The molecule has 1 aliphatic rings. The molecule has 1 fully saturated rings. The molecule has 4 heteroatoms. The number of allylic oxidation sites excluding steroid dienone is 1. The number of hydrogen-bond donors (Lipinski definition) is 1. The summed E-state index contributed by atoms with van der Waals surface area (Å²) < 4.78 is 5.35. The fourth-order valence-corrected chi connectivity index (χ4v) is 3.02. The molecule has 0 aromatic carbocycles. The fraction of sp³-hybridized carbons (Fsp3) is 0.750. The van der Waals surface area contributed by atoms with Crippen LogP contribution in [0.1, 0.15) is 58.8 Å². The van der Waals surface area contributed by atoms with Crippen molar-refractivity contribution in [1.82, 2.24) is 0 Å². The van der Waals surface area contributed by atoms with Gasteiger partial charge in [0, 0.05) is 0 Å². The maximum Gasteiger partial charge on any atom is 0.312 e. The van der Waals surface area contributed by atoms with Gasteiger partial charge in [-0.25, -0.2) is 0 Å². The van der Waals surface area contributed by atoms with Crippen LogP contribution in [-0.4, -0.2) is 23.7 Å². The van der Waals surface area contributed by atoms with E-state index in [0.29, 0.717) is 25.9 Å². The molecule has 0 aromatic rings. The summed E-state index contributed by atoms with van der Waals surface area (Å²) in [5, 5.41) is 9.52. The molecule has 0 amide bonds. The lowest BCUT2D eigenvalue weighted by Gasteiger charge is -2.32. The smallest absolute Gasteiger partial charge is 0.312 e. The van der Waals surface area contributed by atoms with Gasteiger partial charge in [-0.1, -0.05) is 31.8 Å². The summed E-state index contributed by atoms with van der Waals surface area (Å²) in [7, 11) is 0. The van der Waals surface area contributed by atoms with E-state index in [1.54, 1.807) is 6.92 Å². The van der Waals surface area contributed by atoms with Crippen molar-refractivity contribution >= 4 is 11.9 Å². The highest BCUT2D eigenvalue weighted by Crippen LogP contribution is 2.47. The monoisotopic (exact) mass is 282 g/mol. The number of ether oxygens (including phenoxy) is 1. The molecule has 4 nitrogen and oxygen atoms in total. The van der Waals surface area contributed by atoms with Gasteiger partial charge in [-0.15, -0.1) is 6.58 Å². The molecule has 1 aliphatic carbocycles. The molecule has 0 bridgehead atoms. The lowest BCUT2D eigenvalue weighted by atomic mass is 9.71. The highest BCUT2D eigenvalue weighted by Gasteiger charge is 2.51. The molecule has 1 saturated carbocycles. The average Bonchev–Trinajstić information content (AvgIpc) is 2.86. The number of rotatable bonds is 8. The Morgan fingerprint density at radius 2 is 1.95 bits per heavy atom. The molecule has 0 aromatic heterocycles. The number of aliphatic carboxylic acids is 1. The Hall–Kier alpha value is -1.32. The molecule has 1 N–H and O–H groups in total. The number of unbranched alkanes of at least 4 members (excludes halogenated alkanes) is 1. The average molecular weight is 282 g/mol. The zero-order valence-electron chi connectivity index (χ0n) is 12.6. The topological polar surface area (TPSA) is 63.6 Å². The summed E-state index contributed by atoms with van der Waals surface area (Å²) in [6.07, 6.45) is 5.13. The van der Waals surface area contributed by atoms with Crippen LogP contribution in [0.15, 0.2) is 12.2 Å². The number of carboxylic acid groups (broad SMARTS) is 1. The maximum atomic E-state index is 12.5. The van der Waals surface area contributed by atoms with Gasteiger partial charge in [0.2, 0.25) is 0 Å². The first-order valence-electron chi connectivity index (χ1n) is 7.48. The van der Waals surface area contributed by atoms with Gasteiger partial charge in [0.15, 0.2) is 0 Å². The van der Waals surface area contributed by atoms with Crippen molar-refractivity contribution in [2.24, 2.45) is 11.3 Å². The predicted octanol–water partition coefficient (Wildman–Crippen LogP) is 3.56. The van der Waals surface area contributed by atoms with E-state index in [0.717, 1.165) is 31.3 Å². The molecule has 1 atom stereocenters. The van der Waals surface area contributed by atoms with Crippen LogP contribution in [0.25, 0.3) is 0 Å². The molecule has 0 aliphatic heterocycles. The Morgan fingerprint density at radius 1 is 1.35 bits per heavy atom. The van der Waals surface area contributed by atoms with E-state index in [9.17, 15) is 14.7 Å². The van der Waals surface area contributed by atoms with Gasteiger partial charge in [0.25, 0.3) is 0 Å². The van der Waals surface area contributed by atoms with Crippen LogP contribution < -0.4 is 0 Å². The highest BCUT2D eigenvalue weighted by molar-refractivity contribution is 5.85. The predicted molar refractivity (Wildman–Crippen MR) is 77.3 cm³/mol. The second kappa shape index (κ2) is 7.46. The van der Waals surface area contributed by atoms with Gasteiger partial charge in [-0.05, 0) is 32.6 Å². The van der Waals surface area contributed by atoms with E-state index in [4.69, 9.17) is 4.74 Å². The summed E-state index contributed by atoms with van der Waals surface area (Å²) in [4.78, 5) is 24.1. The van der Waals surface area contributed by atoms with Crippen molar-refractivity contribution in [2.75, 3.05) is 6.61 Å². The third-order valence-corrected chi connectivity index (χ3v) is 4.15. The third kappa shape index (κ3) is 3.84. The largest absolute Gasteiger partial charge is 0.481 e. The molecular weight excluding hydrogens is 256 g/mol. The normalized spacial score (nSPS) is 18.5. The summed E-state index contributed by atoms with van der Waals surface area (Å²) >= 11 is 0. The number of esters is 1. The number of carbonyl (C=O) groups excluding carboxylic acids is 1. The molecule has 114 valence electrons. The molecule has 0 heterocycles. The molecular formula is C16H26O4. The van der Waals surface area contributed by atoms with Gasteiger partial charge < -0.3 is 9.84 Å². The molecule has 20 heavy (non-hydrogen) atoms. The summed E-state index contributed by atoms with van der Waals surface area (Å²) in [5.41, 5.74) is -0.0524. The minimum atomic E-state index is -0.914. The van der Waals surface area contributed by atoms with Crippen molar-refractivity contribution in [2.45, 2.75) is 58.8 Å². The number of carbonyl (C=O) groups is 2. The molecule has 0 spiro atoms. The van der Waals surface area contributed by atoms with Gasteiger partial charge in [0.1, 0.15) is 0 Å². The quantitative estimate of drug-likeness (QED) is 0.420. The van der Waals surface area contributed by atoms with Crippen molar-refractivity contribution in [1.29, 1.82) is 0 Å². The van der Waals surface area contributed by atoms with Crippen molar-refractivity contribution in [3.8, 4) is 0 Å². The summed E-state index contributed by atoms with van der Waals surface area (Å²) in [6.45, 7) is 8.02. The van der Waals surface area contributed by atoms with Crippen LogP contribution >= 0.6 is 0 Å². The van der Waals surface area contributed by atoms with Crippen LogP contribution in [0.3, 0.4) is 0 Å². The highest BCUT2D eigenvalue weighted by atomic mass is 16.5. The van der Waals surface area contributed by atoms with Crippen molar-refractivity contribution in [3.05, 3.63) is 12.2 Å². The standard InChI is InChI=1S/C16H26O4/c1-4-5-10-20-15(19)16(8-6-7-9-16)13(14(17)18)11-12(2)3/h13H,2,4-11H2,1,3H3,(H,17,18)/t13-/m0/s1. The molecule has 0 saturated heterocycles. The lowest BCUT2D eigenvalue weighted by Crippen LogP contribution is -2.42. The van der Waals surface area contributed by atoms with E-state index in [2.05, 4.69) is 6.58 Å². The second-order valence-corrected chi connectivity index (χ2v) is 5.90. The van der Waals surface area contributed by atoms with Crippen molar-refractivity contribution < 1.29 is 19.4 Å².